The van der Waals surface area contributed by atoms with E-state index in [1.54, 1.807) is 0 Å². The topological polar surface area (TPSA) is 44.5 Å². The number of rotatable bonds is 5. The molecule has 0 atom stereocenters. The minimum atomic E-state index is -0.0776. The van der Waals surface area contributed by atoms with Crippen molar-refractivity contribution in [3.05, 3.63) is 24.3 Å². The van der Waals surface area contributed by atoms with Gasteiger partial charge in [-0.2, -0.15) is 0 Å². The Labute approximate surface area is 97.6 Å². The third-order valence-corrected chi connectivity index (χ3v) is 2.00. The lowest BCUT2D eigenvalue weighted by atomic mass is 10.2. The summed E-state index contributed by atoms with van der Waals surface area (Å²) in [5.74, 6) is 0.748. The predicted molar refractivity (Wildman–Crippen MR) is 66.7 cm³/mol. The van der Waals surface area contributed by atoms with Gasteiger partial charge in [-0.1, -0.05) is 12.1 Å². The molecule has 0 saturated carbocycles. The summed E-state index contributed by atoms with van der Waals surface area (Å²) in [4.78, 5) is 0. The zero-order valence-electron chi connectivity index (χ0n) is 10.3. The maximum absolute atomic E-state index is 5.75. The molecule has 1 aromatic rings. The molecule has 16 heavy (non-hydrogen) atoms. The van der Waals surface area contributed by atoms with Crippen molar-refractivity contribution in [3.63, 3.8) is 0 Å². The van der Waals surface area contributed by atoms with Crippen LogP contribution in [0.15, 0.2) is 24.3 Å². The Bertz CT molecular complexity index is 318. The summed E-state index contributed by atoms with van der Waals surface area (Å²) in [5, 5.41) is 0. The van der Waals surface area contributed by atoms with E-state index in [0.29, 0.717) is 18.9 Å². The molecule has 0 aliphatic carbocycles. The van der Waals surface area contributed by atoms with Gasteiger partial charge in [-0.3, -0.25) is 0 Å². The van der Waals surface area contributed by atoms with Crippen LogP contribution in [-0.4, -0.2) is 18.8 Å². The van der Waals surface area contributed by atoms with Crippen molar-refractivity contribution in [2.75, 3.05) is 18.9 Å². The Kier molecular flexibility index (Phi) is 4.62. The lowest BCUT2D eigenvalue weighted by molar-refractivity contribution is -0.00766. The van der Waals surface area contributed by atoms with E-state index in [4.69, 9.17) is 15.2 Å². The highest BCUT2D eigenvalue weighted by Crippen LogP contribution is 2.19. The lowest BCUT2D eigenvalue weighted by Crippen LogP contribution is -2.20. The molecule has 0 radical (unpaired) electrons. The minimum Gasteiger partial charge on any atom is -0.491 e. The summed E-state index contributed by atoms with van der Waals surface area (Å²) >= 11 is 0. The maximum Gasteiger partial charge on any atom is 0.142 e. The van der Waals surface area contributed by atoms with Gasteiger partial charge in [0, 0.05) is 6.42 Å². The summed E-state index contributed by atoms with van der Waals surface area (Å²) in [6.45, 7) is 7.47. The molecule has 3 heteroatoms. The second-order valence-electron chi connectivity index (χ2n) is 4.70. The van der Waals surface area contributed by atoms with Gasteiger partial charge in [-0.05, 0) is 32.9 Å². The summed E-state index contributed by atoms with van der Waals surface area (Å²) in [5.41, 5.74) is 6.35. The molecule has 0 bridgehead atoms. The highest BCUT2D eigenvalue weighted by atomic mass is 16.5. The van der Waals surface area contributed by atoms with Crippen molar-refractivity contribution in [1.82, 2.24) is 0 Å². The van der Waals surface area contributed by atoms with E-state index in [0.717, 1.165) is 12.2 Å². The van der Waals surface area contributed by atoms with Gasteiger partial charge in [0.2, 0.25) is 0 Å². The Hall–Kier alpha value is -1.22. The van der Waals surface area contributed by atoms with Crippen molar-refractivity contribution in [2.45, 2.75) is 32.8 Å². The lowest BCUT2D eigenvalue weighted by Gasteiger charge is -2.19. The Balaban J connectivity index is 2.19. The van der Waals surface area contributed by atoms with Crippen LogP contribution in [0.25, 0.3) is 0 Å². The average molecular weight is 223 g/mol. The molecule has 0 spiro atoms. The standard InChI is InChI=1S/C13H21NO2/c1-13(2,3)16-10-6-9-15-12-8-5-4-7-11(12)14/h4-5,7-8H,6,9-10,14H2,1-3H3. The normalized spacial score (nSPS) is 11.4. The second-order valence-corrected chi connectivity index (χ2v) is 4.70. The fourth-order valence-corrected chi connectivity index (χ4v) is 1.23. The first-order valence-corrected chi connectivity index (χ1v) is 5.60. The van der Waals surface area contributed by atoms with Crippen molar-refractivity contribution in [3.8, 4) is 5.75 Å². The number of nitrogen functional groups attached to an aromatic ring is 1. The zero-order valence-corrected chi connectivity index (χ0v) is 10.3. The smallest absolute Gasteiger partial charge is 0.142 e. The Morgan fingerprint density at radius 3 is 2.44 bits per heavy atom. The molecule has 0 heterocycles. The molecular formula is C13H21NO2. The van der Waals surface area contributed by atoms with Gasteiger partial charge >= 0.3 is 0 Å². The molecule has 0 fully saturated rings. The molecule has 1 aromatic carbocycles. The third kappa shape index (κ3) is 5.03. The van der Waals surface area contributed by atoms with Crippen LogP contribution in [0.3, 0.4) is 0 Å². The van der Waals surface area contributed by atoms with Gasteiger partial charge in [0.05, 0.1) is 24.5 Å². The summed E-state index contributed by atoms with van der Waals surface area (Å²) in [6.07, 6.45) is 0.867. The van der Waals surface area contributed by atoms with E-state index in [2.05, 4.69) is 0 Å². The summed E-state index contributed by atoms with van der Waals surface area (Å²) in [6, 6.07) is 7.52. The third-order valence-electron chi connectivity index (χ3n) is 2.00. The van der Waals surface area contributed by atoms with Crippen molar-refractivity contribution < 1.29 is 9.47 Å². The summed E-state index contributed by atoms with van der Waals surface area (Å²) < 4.78 is 11.1. The second kappa shape index (κ2) is 5.75. The Morgan fingerprint density at radius 1 is 1.12 bits per heavy atom. The minimum absolute atomic E-state index is 0.0776. The van der Waals surface area contributed by atoms with Crippen molar-refractivity contribution in [1.29, 1.82) is 0 Å². The van der Waals surface area contributed by atoms with Crippen LogP contribution in [0.4, 0.5) is 5.69 Å². The quantitative estimate of drug-likeness (QED) is 0.616. The first-order valence-electron chi connectivity index (χ1n) is 5.60. The van der Waals surface area contributed by atoms with Gasteiger partial charge in [0.1, 0.15) is 5.75 Å². The van der Waals surface area contributed by atoms with Crippen LogP contribution in [0.5, 0.6) is 5.75 Å². The van der Waals surface area contributed by atoms with Gasteiger partial charge in [0.25, 0.3) is 0 Å². The van der Waals surface area contributed by atoms with E-state index < -0.39 is 0 Å². The highest BCUT2D eigenvalue weighted by Gasteiger charge is 2.08. The number of nitrogens with two attached hydrogens (primary N) is 1. The van der Waals surface area contributed by atoms with Crippen molar-refractivity contribution in [2.24, 2.45) is 0 Å². The van der Waals surface area contributed by atoms with E-state index in [-0.39, 0.29) is 5.60 Å². The summed E-state index contributed by atoms with van der Waals surface area (Å²) in [7, 11) is 0. The predicted octanol–water partition coefficient (Wildman–Crippen LogP) is 2.85. The molecule has 0 aliphatic heterocycles. The first kappa shape index (κ1) is 12.8. The van der Waals surface area contributed by atoms with Crippen molar-refractivity contribution >= 4 is 5.69 Å². The fourth-order valence-electron chi connectivity index (χ4n) is 1.23. The maximum atomic E-state index is 5.75. The molecule has 0 aromatic heterocycles. The number of para-hydroxylation sites is 2. The molecule has 1 rings (SSSR count). The zero-order chi connectivity index (χ0) is 12.0. The molecule has 2 N–H and O–H groups in total. The molecule has 3 nitrogen and oxygen atoms in total. The van der Waals surface area contributed by atoms with Crippen LogP contribution in [0, 0.1) is 0 Å². The van der Waals surface area contributed by atoms with E-state index in [1.165, 1.54) is 0 Å². The highest BCUT2D eigenvalue weighted by molar-refractivity contribution is 5.51. The molecule has 0 aliphatic rings. The largest absolute Gasteiger partial charge is 0.491 e. The van der Waals surface area contributed by atoms with Crippen LogP contribution in [0.2, 0.25) is 0 Å². The molecular weight excluding hydrogens is 202 g/mol. The first-order chi connectivity index (χ1) is 7.49. The van der Waals surface area contributed by atoms with E-state index in [9.17, 15) is 0 Å². The number of benzene rings is 1. The Morgan fingerprint density at radius 2 is 1.81 bits per heavy atom. The molecule has 0 saturated heterocycles. The monoisotopic (exact) mass is 223 g/mol. The van der Waals surface area contributed by atoms with E-state index in [1.807, 2.05) is 45.0 Å². The average Bonchev–Trinajstić information content (AvgIpc) is 2.18. The van der Waals surface area contributed by atoms with Crippen LogP contribution >= 0.6 is 0 Å². The van der Waals surface area contributed by atoms with Gasteiger partial charge < -0.3 is 15.2 Å². The van der Waals surface area contributed by atoms with Gasteiger partial charge in [-0.25, -0.2) is 0 Å². The van der Waals surface area contributed by atoms with Gasteiger partial charge in [-0.15, -0.1) is 0 Å². The van der Waals surface area contributed by atoms with Crippen LogP contribution < -0.4 is 10.5 Å². The van der Waals surface area contributed by atoms with E-state index >= 15 is 0 Å². The molecule has 0 unspecified atom stereocenters. The SMILES string of the molecule is CC(C)(C)OCCCOc1ccccc1N. The number of ether oxygens (including phenoxy) is 2. The van der Waals surface area contributed by atoms with Gasteiger partial charge in [0.15, 0.2) is 0 Å². The number of anilines is 1. The fraction of sp³-hybridized carbons (Fsp3) is 0.538. The van der Waals surface area contributed by atoms with Crippen LogP contribution in [-0.2, 0) is 4.74 Å². The molecule has 90 valence electrons. The number of hydrogen-bond acceptors (Lipinski definition) is 3. The molecule has 0 amide bonds. The number of hydrogen-bond donors (Lipinski definition) is 1. The van der Waals surface area contributed by atoms with Crippen LogP contribution in [0.1, 0.15) is 27.2 Å².